The molecule has 35 heteroatoms. The van der Waals surface area contributed by atoms with Crippen LogP contribution in [-0.2, 0) is 84.8 Å². The van der Waals surface area contributed by atoms with Gasteiger partial charge in [0.2, 0.25) is 47.3 Å². The van der Waals surface area contributed by atoms with E-state index in [1.54, 1.807) is 19.1 Å². The summed E-state index contributed by atoms with van der Waals surface area (Å²) >= 11 is 0. The van der Waals surface area contributed by atoms with Crippen LogP contribution in [-0.4, -0.2) is 220 Å². The number of hydrogen-bond donors (Lipinski definition) is 13. The van der Waals surface area contributed by atoms with Crippen molar-refractivity contribution in [2.24, 2.45) is 29.4 Å². The Balaban J connectivity index is 1.54. The van der Waals surface area contributed by atoms with Gasteiger partial charge in [0.15, 0.2) is 28.9 Å². The number of rotatable bonds is 13. The van der Waals surface area contributed by atoms with Crippen molar-refractivity contribution in [3.05, 3.63) is 59.7 Å². The normalized spacial score (nSPS) is 28.1. The van der Waals surface area contributed by atoms with Crippen LogP contribution in [0.15, 0.2) is 48.5 Å². The largest absolute Gasteiger partial charge is 0.508 e. The first kappa shape index (κ1) is 81.1. The van der Waals surface area contributed by atoms with Gasteiger partial charge >= 0.3 is 11.9 Å². The second kappa shape index (κ2) is 39.9. The Morgan fingerprint density at radius 2 is 1.12 bits per heavy atom. The van der Waals surface area contributed by atoms with E-state index in [9.17, 15) is 87.9 Å². The number of carbonyl (C=O) groups excluding carboxylic acids is 13. The van der Waals surface area contributed by atoms with Crippen molar-refractivity contribution in [2.75, 3.05) is 41.1 Å². The van der Waals surface area contributed by atoms with Crippen molar-refractivity contribution in [1.82, 2.24) is 42.1 Å². The summed E-state index contributed by atoms with van der Waals surface area (Å²) in [6, 6.07) is -2.12. The third kappa shape index (κ3) is 26.2. The number of carboxylic acids is 2. The summed E-state index contributed by atoms with van der Waals surface area (Å²) in [5, 5.41) is 69.4. The first-order valence-corrected chi connectivity index (χ1v) is 39.6. The fourth-order valence-electron chi connectivity index (χ4n) is 11.2. The molecule has 4 aliphatic rings. The summed E-state index contributed by atoms with van der Waals surface area (Å²) in [4.78, 5) is 215. The van der Waals surface area contributed by atoms with Crippen molar-refractivity contribution in [3.8, 4) is 11.5 Å². The Labute approximate surface area is 595 Å². The Kier molecular flexibility index (Phi) is 32.7. The maximum Gasteiger partial charge on any atom is 0.305 e. The number of Topliss-reactive ketones (excluding diaryl/α,β-unsaturated/α-hetero) is 5. The molecule has 4 aliphatic heterocycles. The van der Waals surface area contributed by atoms with Crippen LogP contribution in [0.3, 0.4) is 0 Å². The molecule has 0 radical (unpaired) electrons. The van der Waals surface area contributed by atoms with Crippen LogP contribution in [0.1, 0.15) is 103 Å². The number of phenolic OH excluding ortho intramolecular Hbond substituents is 2. The summed E-state index contributed by atoms with van der Waals surface area (Å²) in [7, 11) is 5.58. The molecule has 0 spiro atoms. The Hall–Kier alpha value is -6.89. The molecule has 6 rings (SSSR count). The standard InChI is InChI=1S/C64H85N9O20S6/c1-32(19-35-6-10-40(75)11-7-35)20-52(80)45-29-97-99-30-46-62(91)71-47-31-98-96-28-42(65)51(79)24-39(59(88)68-43(14-17-55(83)84)53(81)22-37(58(87)70-46)21-36-8-12-41(76)13-9-36)27-95-94-26-38(60(89)72-57(34(3)74)49(77)15-16-54(82)67-45)23-50(78)33(2)66-63(92)48-5-4-18-73(48)64(93)44(25-56(85)86)69-61(47)90/h6-13,32-34,37-39,42-48,57,74-76H,4-5,14-31,65H2,1-3H3,(H,66,92)(H,67,82)(H,68,88)(H,69,90)(H,70,87)(H,71,91)(H,72,89)(H,83,84)(H,85,86)/t32-,33+,34?,37-,38+,39+,42+,43+,44+,45+,46+,47+,48?,57+/m1/s1. The van der Waals surface area contributed by atoms with Crippen LogP contribution in [0.4, 0.5) is 0 Å². The second-order valence-corrected chi connectivity index (χ2v) is 32.6. The van der Waals surface area contributed by atoms with E-state index in [1.165, 1.54) is 50.2 Å². The van der Waals surface area contributed by atoms with Crippen molar-refractivity contribution in [2.45, 2.75) is 165 Å². The molecule has 4 bridgehead atoms. The summed E-state index contributed by atoms with van der Waals surface area (Å²) in [5.74, 6) is -20.8. The molecule has 2 unspecified atom stereocenters. The number of hydrogen-bond acceptors (Lipinski definition) is 25. The number of carboxylic acid groups (broad SMARTS) is 2. The Morgan fingerprint density at radius 3 is 1.73 bits per heavy atom. The smallest absolute Gasteiger partial charge is 0.305 e. The number of aliphatic hydroxyl groups excluding tert-OH is 1. The zero-order valence-corrected chi connectivity index (χ0v) is 59.6. The van der Waals surface area contributed by atoms with Gasteiger partial charge in [0.05, 0.1) is 48.5 Å². The van der Waals surface area contributed by atoms with Crippen molar-refractivity contribution in [1.29, 1.82) is 0 Å². The molecule has 4 fully saturated rings. The highest BCUT2D eigenvalue weighted by Gasteiger charge is 2.42. The lowest BCUT2D eigenvalue weighted by atomic mass is 9.89. The van der Waals surface area contributed by atoms with Gasteiger partial charge < -0.3 is 73.4 Å². The van der Waals surface area contributed by atoms with E-state index < -0.39 is 229 Å². The first-order chi connectivity index (χ1) is 47.0. The summed E-state index contributed by atoms with van der Waals surface area (Å²) in [6.45, 7) is 4.18. The zero-order valence-electron chi connectivity index (χ0n) is 54.7. The number of aromatic hydroxyl groups is 2. The fourth-order valence-corrected chi connectivity index (χ4v) is 18.5. The van der Waals surface area contributed by atoms with Crippen LogP contribution in [0.25, 0.3) is 0 Å². The van der Waals surface area contributed by atoms with Crippen LogP contribution in [0.5, 0.6) is 11.5 Å². The molecule has 542 valence electrons. The molecule has 2 aromatic rings. The number of fused-ring (bicyclic) bond motifs is 20. The predicted molar refractivity (Wildman–Crippen MR) is 373 cm³/mol. The number of ketones is 5. The molecule has 99 heavy (non-hydrogen) atoms. The van der Waals surface area contributed by atoms with Crippen molar-refractivity contribution < 1.29 is 97.5 Å². The predicted octanol–water partition coefficient (Wildman–Crippen LogP) is 1.19. The van der Waals surface area contributed by atoms with Crippen LogP contribution in [0.2, 0.25) is 0 Å². The quantitative estimate of drug-likeness (QED) is 0.125. The van der Waals surface area contributed by atoms with Crippen LogP contribution in [0, 0.1) is 23.7 Å². The van der Waals surface area contributed by atoms with Gasteiger partial charge in [-0.3, -0.25) is 71.9 Å². The first-order valence-electron chi connectivity index (χ1n) is 32.2. The molecule has 0 aliphatic carbocycles. The SMILES string of the molecule is CC(O)[C@@H]1NC(=O)[C@@H]2CSSC[C@@H]3CC(=O)[C@@H](N)CSSC[C@H](NC(=O)[C@H](CSSC[C@@H](C(=O)C[C@H](C)Cc4ccc(O)cc4)NC(=O)CCC1=O)NC(=O)[C@H](Cc1ccc(O)cc1)CC(=O)[C@H](CCC(=O)O)NC3=O)C(=O)N[C@@H](CC(=O)O)C(=O)N1CCCC1C(=O)N[C@@H](C)C(=O)C2. The molecule has 14 atom stereocenters. The van der Waals surface area contributed by atoms with E-state index in [4.69, 9.17) is 5.73 Å². The molecule has 14 N–H and O–H groups in total. The minimum atomic E-state index is -1.90. The van der Waals surface area contributed by atoms with Gasteiger partial charge in [0.25, 0.3) is 0 Å². The summed E-state index contributed by atoms with van der Waals surface area (Å²) in [6.07, 6.45) is -6.79. The molecule has 2 aromatic carbocycles. The average Bonchev–Trinajstić information content (AvgIpc) is 1.80. The van der Waals surface area contributed by atoms with Gasteiger partial charge in [0, 0.05) is 91.9 Å². The van der Waals surface area contributed by atoms with Gasteiger partial charge in [-0.05, 0) is 87.3 Å². The molecule has 0 aromatic heterocycles. The molecule has 0 saturated carbocycles. The molecular formula is C64H85N9O20S6. The average molecular weight is 1490 g/mol. The second-order valence-electron chi connectivity index (χ2n) is 24.9. The van der Waals surface area contributed by atoms with Gasteiger partial charge in [-0.15, -0.1) is 0 Å². The van der Waals surface area contributed by atoms with Gasteiger partial charge in [-0.2, -0.15) is 0 Å². The Bertz CT molecular complexity index is 3280. The van der Waals surface area contributed by atoms with Gasteiger partial charge in [-0.1, -0.05) is 96.0 Å². The Morgan fingerprint density at radius 1 is 0.576 bits per heavy atom. The van der Waals surface area contributed by atoms with E-state index in [1.807, 2.05) is 0 Å². The van der Waals surface area contributed by atoms with Crippen LogP contribution >= 0.6 is 64.8 Å². The number of aliphatic hydroxyl groups is 1. The minimum Gasteiger partial charge on any atom is -0.508 e. The lowest BCUT2D eigenvalue weighted by Gasteiger charge is -2.30. The number of nitrogens with zero attached hydrogens (tertiary/aromatic N) is 1. The number of amides is 8. The number of benzene rings is 2. The monoisotopic (exact) mass is 1490 g/mol. The number of phenols is 2. The lowest BCUT2D eigenvalue weighted by molar-refractivity contribution is -0.146. The number of carbonyl (C=O) groups is 15. The maximum absolute atomic E-state index is 15.1. The van der Waals surface area contributed by atoms with Crippen molar-refractivity contribution >= 4 is 153 Å². The molecule has 29 nitrogen and oxygen atoms in total. The highest BCUT2D eigenvalue weighted by molar-refractivity contribution is 8.77. The lowest BCUT2D eigenvalue weighted by Crippen LogP contribution is -2.60. The van der Waals surface area contributed by atoms with E-state index >= 15 is 9.59 Å². The highest BCUT2D eigenvalue weighted by Crippen LogP contribution is 2.32. The molecular weight excluding hydrogens is 1410 g/mol. The number of nitrogens with one attached hydrogen (secondary N) is 7. The third-order valence-corrected chi connectivity index (χ3v) is 24.3. The maximum atomic E-state index is 15.1. The van der Waals surface area contributed by atoms with E-state index in [0.29, 0.717) is 12.0 Å². The van der Waals surface area contributed by atoms with E-state index in [0.717, 1.165) is 75.2 Å². The topological polar surface area (TPSA) is 471 Å². The fraction of sp³-hybridized carbons (Fsp3) is 0.578. The molecule has 8 amide bonds. The third-order valence-electron chi connectivity index (χ3n) is 16.8. The van der Waals surface area contributed by atoms with Gasteiger partial charge in [-0.25, -0.2) is 0 Å². The van der Waals surface area contributed by atoms with Gasteiger partial charge in [0.1, 0.15) is 41.7 Å². The number of nitrogens with two attached hydrogens (primary N) is 1. The van der Waals surface area contributed by atoms with E-state index in [-0.39, 0.29) is 72.7 Å². The summed E-state index contributed by atoms with van der Waals surface area (Å²) in [5.41, 5.74) is 7.64. The van der Waals surface area contributed by atoms with Crippen LogP contribution < -0.4 is 43.0 Å². The van der Waals surface area contributed by atoms with Crippen molar-refractivity contribution in [3.63, 3.8) is 0 Å². The minimum absolute atomic E-state index is 0.0202. The van der Waals surface area contributed by atoms with E-state index in [2.05, 4.69) is 37.2 Å². The summed E-state index contributed by atoms with van der Waals surface area (Å²) < 4.78 is 0. The molecule has 4 heterocycles. The molecule has 4 saturated heterocycles. The number of aliphatic carboxylic acids is 2. The zero-order chi connectivity index (χ0) is 72.6. The highest BCUT2D eigenvalue weighted by atomic mass is 33.1.